The van der Waals surface area contributed by atoms with Gasteiger partial charge in [-0.2, -0.15) is 5.10 Å². The molecule has 27 heavy (non-hydrogen) atoms. The van der Waals surface area contributed by atoms with Crippen LogP contribution in [0.4, 0.5) is 17.1 Å². The van der Waals surface area contributed by atoms with E-state index in [1.165, 1.54) is 37.8 Å². The summed E-state index contributed by atoms with van der Waals surface area (Å²) >= 11 is 0. The summed E-state index contributed by atoms with van der Waals surface area (Å²) in [5.41, 5.74) is 3.80. The molecule has 0 unspecified atom stereocenters. The number of hydrogen-bond donors (Lipinski definition) is 1. The second-order valence-corrected chi connectivity index (χ2v) is 8.27. The van der Waals surface area contributed by atoms with Gasteiger partial charge in [0.25, 0.3) is 5.69 Å². The van der Waals surface area contributed by atoms with Crippen molar-refractivity contribution in [3.63, 3.8) is 0 Å². The number of fused-ring (bicyclic) bond motifs is 1. The summed E-state index contributed by atoms with van der Waals surface area (Å²) in [6.45, 7) is 0. The number of nitrogens with zero attached hydrogens (tertiary/aromatic N) is 3. The molecule has 0 radical (unpaired) electrons. The summed E-state index contributed by atoms with van der Waals surface area (Å²) in [6, 6.07) is 3.53. The Morgan fingerprint density at radius 1 is 1.15 bits per heavy atom. The van der Waals surface area contributed by atoms with Crippen LogP contribution in [-0.4, -0.2) is 27.8 Å². The number of nitro benzene ring substituents is 2. The minimum absolute atomic E-state index is 0.0201. The van der Waals surface area contributed by atoms with Gasteiger partial charge in [0.05, 0.1) is 33.8 Å². The summed E-state index contributed by atoms with van der Waals surface area (Å²) in [5, 5.41) is 26.6. The van der Waals surface area contributed by atoms with Crippen molar-refractivity contribution < 1.29 is 14.6 Å². The van der Waals surface area contributed by atoms with Crippen molar-refractivity contribution in [2.45, 2.75) is 57.2 Å². The number of hydrogen-bond acceptors (Lipinski definition) is 7. The number of benzene rings is 1. The average Bonchev–Trinajstić information content (AvgIpc) is 2.78. The summed E-state index contributed by atoms with van der Waals surface area (Å²) < 4.78 is 6.24. The Morgan fingerprint density at radius 2 is 1.96 bits per heavy atom. The lowest BCUT2D eigenvalue weighted by atomic mass is 9.39. The first kappa shape index (κ1) is 16.6. The summed E-state index contributed by atoms with van der Waals surface area (Å²) in [4.78, 5) is 20.9. The number of non-ortho nitro benzene ring substituents is 1. The smallest absolute Gasteiger partial charge is 0.301 e. The van der Waals surface area contributed by atoms with Crippen LogP contribution in [-0.2, 0) is 4.74 Å². The molecule has 0 aromatic heterocycles. The molecular weight excluding hydrogens is 352 g/mol. The fourth-order valence-electron chi connectivity index (χ4n) is 5.97. The molecule has 4 aliphatic rings. The van der Waals surface area contributed by atoms with Gasteiger partial charge in [0.1, 0.15) is 5.69 Å². The molecule has 1 aromatic rings. The fourth-order valence-corrected chi connectivity index (χ4v) is 5.97. The second kappa shape index (κ2) is 5.48. The van der Waals surface area contributed by atoms with E-state index in [2.05, 4.69) is 10.5 Å². The number of nitrogens with one attached hydrogen (secondary N) is 1. The predicted octanol–water partition coefficient (Wildman–Crippen LogP) is 3.78. The highest BCUT2D eigenvalue weighted by Crippen LogP contribution is 2.74. The van der Waals surface area contributed by atoms with Crippen molar-refractivity contribution in [3.05, 3.63) is 38.4 Å². The van der Waals surface area contributed by atoms with Crippen molar-refractivity contribution in [3.8, 4) is 0 Å². The zero-order valence-corrected chi connectivity index (χ0v) is 14.7. The molecule has 4 atom stereocenters. The minimum Gasteiger partial charge on any atom is -0.368 e. The van der Waals surface area contributed by atoms with E-state index in [1.807, 2.05) is 0 Å². The first-order valence-corrected chi connectivity index (χ1v) is 9.35. The van der Waals surface area contributed by atoms with Crippen LogP contribution in [0, 0.1) is 31.1 Å². The van der Waals surface area contributed by atoms with Crippen molar-refractivity contribution in [1.82, 2.24) is 0 Å². The molecule has 3 saturated carbocycles. The Hall–Kier alpha value is -2.55. The summed E-state index contributed by atoms with van der Waals surface area (Å²) in [6.07, 6.45) is 8.25. The summed E-state index contributed by atoms with van der Waals surface area (Å²) in [7, 11) is 0. The van der Waals surface area contributed by atoms with E-state index in [9.17, 15) is 20.2 Å². The molecule has 0 amide bonds. The zero-order chi connectivity index (χ0) is 18.8. The van der Waals surface area contributed by atoms with Crippen LogP contribution in [0.25, 0.3) is 0 Å². The van der Waals surface area contributed by atoms with Crippen LogP contribution in [0.5, 0.6) is 0 Å². The Morgan fingerprint density at radius 3 is 2.74 bits per heavy atom. The monoisotopic (exact) mass is 372 g/mol. The first-order valence-electron chi connectivity index (χ1n) is 9.35. The zero-order valence-electron chi connectivity index (χ0n) is 14.7. The van der Waals surface area contributed by atoms with Gasteiger partial charge in [-0.25, -0.2) is 0 Å². The van der Waals surface area contributed by atoms with Crippen LogP contribution < -0.4 is 5.43 Å². The molecule has 142 valence electrons. The van der Waals surface area contributed by atoms with Gasteiger partial charge in [0.15, 0.2) is 0 Å². The molecular formula is C18H20N4O5. The molecule has 9 heteroatoms. The van der Waals surface area contributed by atoms with E-state index >= 15 is 0 Å². The number of ether oxygens (including phenoxy) is 1. The lowest BCUT2D eigenvalue weighted by Gasteiger charge is -2.64. The average molecular weight is 372 g/mol. The minimum atomic E-state index is -0.648. The van der Waals surface area contributed by atoms with Gasteiger partial charge in [-0.15, -0.1) is 0 Å². The quantitative estimate of drug-likeness (QED) is 0.634. The highest BCUT2D eigenvalue weighted by molar-refractivity contribution is 5.92. The normalized spacial score (nSPS) is 37.4. The molecule has 1 aliphatic heterocycles. The van der Waals surface area contributed by atoms with Crippen LogP contribution >= 0.6 is 0 Å². The van der Waals surface area contributed by atoms with Crippen molar-refractivity contribution in [1.29, 1.82) is 0 Å². The number of anilines is 1. The Kier molecular flexibility index (Phi) is 3.37. The molecule has 1 aromatic carbocycles. The van der Waals surface area contributed by atoms with Gasteiger partial charge in [0, 0.05) is 11.5 Å². The van der Waals surface area contributed by atoms with E-state index in [-0.39, 0.29) is 28.6 Å². The van der Waals surface area contributed by atoms with Crippen LogP contribution in [0.3, 0.4) is 0 Å². The van der Waals surface area contributed by atoms with E-state index in [0.29, 0.717) is 11.5 Å². The number of hydrazone groups is 1. The Bertz CT molecular complexity index is 887. The van der Waals surface area contributed by atoms with Crippen molar-refractivity contribution in [2.75, 3.05) is 5.43 Å². The highest BCUT2D eigenvalue weighted by Gasteiger charge is 2.73. The molecule has 1 saturated heterocycles. The SMILES string of the molecule is O=[N+]([O-])c1ccc(N/N=C2/C[C@]34CCCC[C@@]35C[C@H]2O[C@H]5C4)c([N+](=O)[O-])c1. The Labute approximate surface area is 155 Å². The van der Waals surface area contributed by atoms with E-state index in [4.69, 9.17) is 4.74 Å². The maximum absolute atomic E-state index is 11.3. The largest absolute Gasteiger partial charge is 0.368 e. The highest BCUT2D eigenvalue weighted by atomic mass is 16.6. The van der Waals surface area contributed by atoms with Crippen LogP contribution in [0.15, 0.2) is 23.3 Å². The van der Waals surface area contributed by atoms with Gasteiger partial charge >= 0.3 is 5.69 Å². The number of rotatable bonds is 4. The molecule has 1 spiro atoms. The third-order valence-corrected chi connectivity index (χ3v) is 7.26. The summed E-state index contributed by atoms with van der Waals surface area (Å²) in [5.74, 6) is 0. The molecule has 4 fully saturated rings. The lowest BCUT2D eigenvalue weighted by Crippen LogP contribution is -2.62. The first-order chi connectivity index (χ1) is 12.9. The van der Waals surface area contributed by atoms with E-state index in [0.717, 1.165) is 31.0 Å². The number of nitro groups is 2. The third-order valence-electron chi connectivity index (χ3n) is 7.26. The molecule has 9 nitrogen and oxygen atoms in total. The molecule has 1 heterocycles. The van der Waals surface area contributed by atoms with Gasteiger partial charge in [-0.1, -0.05) is 12.8 Å². The van der Waals surface area contributed by atoms with Gasteiger partial charge in [-0.3, -0.25) is 25.7 Å². The molecule has 5 rings (SSSR count). The fraction of sp³-hybridized carbons (Fsp3) is 0.611. The topological polar surface area (TPSA) is 120 Å². The molecule has 2 bridgehead atoms. The van der Waals surface area contributed by atoms with Crippen molar-refractivity contribution >= 4 is 22.8 Å². The maximum Gasteiger partial charge on any atom is 0.301 e. The third kappa shape index (κ3) is 2.17. The maximum atomic E-state index is 11.3. The van der Waals surface area contributed by atoms with Gasteiger partial charge < -0.3 is 4.74 Å². The standard InChI is InChI=1S/C18H20N4O5/c23-21(24)11-3-4-12(14(7-11)22(25)26)19-20-13-8-17-5-1-2-6-18(17)9-15(13)27-16(18)10-17/h3-4,7,15-16,19H,1-2,5-6,8-10H2/b20-13-/t15-,16+,17+,18+/m1/s1. The van der Waals surface area contributed by atoms with Crippen molar-refractivity contribution in [2.24, 2.45) is 15.9 Å². The van der Waals surface area contributed by atoms with E-state index in [1.54, 1.807) is 0 Å². The van der Waals surface area contributed by atoms with Gasteiger partial charge in [-0.05, 0) is 43.6 Å². The molecule has 1 N–H and O–H groups in total. The van der Waals surface area contributed by atoms with Gasteiger partial charge in [0.2, 0.25) is 0 Å². The Balaban J connectivity index is 1.42. The second-order valence-electron chi connectivity index (χ2n) is 8.27. The van der Waals surface area contributed by atoms with Crippen LogP contribution in [0.2, 0.25) is 0 Å². The lowest BCUT2D eigenvalue weighted by molar-refractivity contribution is -0.393. The predicted molar refractivity (Wildman–Crippen MR) is 96.7 cm³/mol. The van der Waals surface area contributed by atoms with E-state index < -0.39 is 9.85 Å². The van der Waals surface area contributed by atoms with Crippen LogP contribution in [0.1, 0.15) is 44.9 Å². The molecule has 3 aliphatic carbocycles.